The zero-order chi connectivity index (χ0) is 11.7. The van der Waals surface area contributed by atoms with Crippen molar-refractivity contribution < 1.29 is 9.52 Å². The number of aromatic nitrogens is 2. The van der Waals surface area contributed by atoms with E-state index >= 15 is 0 Å². The van der Waals surface area contributed by atoms with Crippen molar-refractivity contribution in [3.05, 3.63) is 38.9 Å². The third-order valence-corrected chi connectivity index (χ3v) is 3.87. The van der Waals surface area contributed by atoms with Crippen LogP contribution < -0.4 is 0 Å². The Morgan fingerprint density at radius 1 is 1.56 bits per heavy atom. The van der Waals surface area contributed by atoms with Gasteiger partial charge in [-0.3, -0.25) is 4.68 Å². The molecule has 0 aliphatic rings. The van der Waals surface area contributed by atoms with Gasteiger partial charge >= 0.3 is 0 Å². The molecule has 6 heteroatoms. The summed E-state index contributed by atoms with van der Waals surface area (Å²) in [6.07, 6.45) is 1.60. The number of hydrogen-bond donors (Lipinski definition) is 1. The number of aryl methyl sites for hydroxylation is 1. The molecule has 0 saturated carbocycles. The van der Waals surface area contributed by atoms with Gasteiger partial charge in [-0.25, -0.2) is 0 Å². The molecule has 2 rings (SSSR count). The lowest BCUT2D eigenvalue weighted by molar-refractivity contribution is 0.147. The Bertz CT molecular complexity index is 473. The van der Waals surface area contributed by atoms with Crippen LogP contribution in [-0.4, -0.2) is 14.9 Å². The van der Waals surface area contributed by atoms with Crippen molar-refractivity contribution >= 4 is 31.9 Å². The van der Waals surface area contributed by atoms with Crippen molar-refractivity contribution in [1.82, 2.24) is 9.78 Å². The fourth-order valence-corrected chi connectivity index (χ4v) is 2.01. The molecule has 0 spiro atoms. The van der Waals surface area contributed by atoms with Crippen LogP contribution in [0.15, 0.2) is 31.9 Å². The summed E-state index contributed by atoms with van der Waals surface area (Å²) in [6, 6.07) is 3.62. The Hall–Kier alpha value is -0.590. The van der Waals surface area contributed by atoms with Gasteiger partial charge in [0.2, 0.25) is 0 Å². The molecule has 4 nitrogen and oxygen atoms in total. The highest BCUT2D eigenvalue weighted by molar-refractivity contribution is 9.13. The van der Waals surface area contributed by atoms with Gasteiger partial charge in [0, 0.05) is 19.7 Å². The van der Waals surface area contributed by atoms with Gasteiger partial charge in [0.15, 0.2) is 4.67 Å². The monoisotopic (exact) mass is 348 g/mol. The molecular weight excluding hydrogens is 340 g/mol. The van der Waals surface area contributed by atoms with E-state index in [1.807, 2.05) is 19.3 Å². The smallest absolute Gasteiger partial charge is 0.183 e. The van der Waals surface area contributed by atoms with Crippen LogP contribution in [0.5, 0.6) is 0 Å². The van der Waals surface area contributed by atoms with Gasteiger partial charge in [-0.05, 0) is 44.0 Å². The average Bonchev–Trinajstić information content (AvgIpc) is 2.75. The van der Waals surface area contributed by atoms with Gasteiger partial charge < -0.3 is 9.52 Å². The number of furan rings is 1. The molecule has 0 radical (unpaired) electrons. The molecule has 0 aliphatic heterocycles. The first-order chi connectivity index (χ1) is 7.56. The first-order valence-electron chi connectivity index (χ1n) is 4.67. The van der Waals surface area contributed by atoms with Gasteiger partial charge in [0.25, 0.3) is 0 Å². The van der Waals surface area contributed by atoms with E-state index in [0.717, 1.165) is 10.2 Å². The summed E-state index contributed by atoms with van der Waals surface area (Å²) < 4.78 is 8.42. The molecule has 0 bridgehead atoms. The highest BCUT2D eigenvalue weighted by Gasteiger charge is 2.16. The molecule has 0 aromatic carbocycles. The quantitative estimate of drug-likeness (QED) is 0.926. The van der Waals surface area contributed by atoms with E-state index < -0.39 is 6.10 Å². The molecule has 1 N–H and O–H groups in total. The zero-order valence-corrected chi connectivity index (χ0v) is 11.7. The number of hydrogen-bond acceptors (Lipinski definition) is 3. The number of rotatable bonds is 3. The second-order valence-corrected chi connectivity index (χ2v) is 5.05. The van der Waals surface area contributed by atoms with Crippen LogP contribution in [0.1, 0.15) is 17.6 Å². The Labute approximate surface area is 110 Å². The second kappa shape index (κ2) is 4.73. The second-order valence-electron chi connectivity index (χ2n) is 3.47. The molecule has 2 heterocycles. The minimum absolute atomic E-state index is 0.438. The minimum atomic E-state index is -0.683. The average molecular weight is 350 g/mol. The Balaban J connectivity index is 2.11. The van der Waals surface area contributed by atoms with E-state index in [0.29, 0.717) is 16.9 Å². The molecule has 1 unspecified atom stereocenters. The van der Waals surface area contributed by atoms with E-state index in [1.165, 1.54) is 0 Å². The third-order valence-electron chi connectivity index (χ3n) is 2.16. The van der Waals surface area contributed by atoms with E-state index in [-0.39, 0.29) is 0 Å². The predicted octanol–water partition coefficient (Wildman–Crippen LogP) is 2.81. The maximum absolute atomic E-state index is 9.94. The van der Waals surface area contributed by atoms with Crippen molar-refractivity contribution in [3.63, 3.8) is 0 Å². The number of aliphatic hydroxyl groups is 1. The molecular formula is C10H10Br2N2O2. The van der Waals surface area contributed by atoms with E-state index in [9.17, 15) is 5.11 Å². The van der Waals surface area contributed by atoms with Crippen LogP contribution in [-0.2, 0) is 13.5 Å². The van der Waals surface area contributed by atoms with Gasteiger partial charge in [0.05, 0.1) is 10.2 Å². The largest absolute Gasteiger partial charge is 0.450 e. The van der Waals surface area contributed by atoms with Crippen LogP contribution in [0.4, 0.5) is 0 Å². The Kier molecular flexibility index (Phi) is 3.51. The summed E-state index contributed by atoms with van der Waals surface area (Å²) in [7, 11) is 1.84. The standard InChI is InChI=1S/C10H10Br2N2O2/c1-14-3-2-6(13-14)4-8(15)9-5-7(11)10(12)16-9/h2-3,5,8,15H,4H2,1H3. The fraction of sp³-hybridized carbons (Fsp3) is 0.300. The van der Waals surface area contributed by atoms with Crippen molar-refractivity contribution in [2.75, 3.05) is 0 Å². The SMILES string of the molecule is Cn1ccc(CC(O)c2cc(Br)c(Br)o2)n1. The van der Waals surface area contributed by atoms with E-state index in [4.69, 9.17) is 4.42 Å². The number of nitrogens with zero attached hydrogens (tertiary/aromatic N) is 2. The van der Waals surface area contributed by atoms with Crippen LogP contribution in [0.3, 0.4) is 0 Å². The molecule has 2 aromatic heterocycles. The minimum Gasteiger partial charge on any atom is -0.450 e. The Morgan fingerprint density at radius 3 is 2.81 bits per heavy atom. The van der Waals surface area contributed by atoms with Crippen molar-refractivity contribution in [1.29, 1.82) is 0 Å². The van der Waals surface area contributed by atoms with Crippen LogP contribution in [0.2, 0.25) is 0 Å². The third kappa shape index (κ3) is 2.56. The van der Waals surface area contributed by atoms with Gasteiger partial charge in [-0.15, -0.1) is 0 Å². The topological polar surface area (TPSA) is 51.2 Å². The Morgan fingerprint density at radius 2 is 2.31 bits per heavy atom. The van der Waals surface area contributed by atoms with Crippen LogP contribution in [0.25, 0.3) is 0 Å². The molecule has 0 saturated heterocycles. The summed E-state index contributed by atoms with van der Waals surface area (Å²) in [5, 5.41) is 14.1. The van der Waals surface area contributed by atoms with Crippen molar-refractivity contribution in [3.8, 4) is 0 Å². The maximum atomic E-state index is 9.94. The van der Waals surface area contributed by atoms with E-state index in [2.05, 4.69) is 37.0 Å². The molecule has 2 aromatic rings. The lowest BCUT2D eigenvalue weighted by Gasteiger charge is -2.04. The zero-order valence-electron chi connectivity index (χ0n) is 8.52. The normalized spacial score (nSPS) is 13.0. The fourth-order valence-electron chi connectivity index (χ4n) is 1.40. The summed E-state index contributed by atoms with van der Waals surface area (Å²) in [6.45, 7) is 0. The first kappa shape index (κ1) is 11.9. The summed E-state index contributed by atoms with van der Waals surface area (Å²) >= 11 is 6.53. The highest BCUT2D eigenvalue weighted by Crippen LogP contribution is 2.30. The van der Waals surface area contributed by atoms with Gasteiger partial charge in [-0.2, -0.15) is 5.10 Å². The predicted molar refractivity (Wildman–Crippen MR) is 66.0 cm³/mol. The molecule has 0 fully saturated rings. The highest BCUT2D eigenvalue weighted by atomic mass is 79.9. The summed E-state index contributed by atoms with van der Waals surface area (Å²) in [5.41, 5.74) is 0.832. The molecule has 16 heavy (non-hydrogen) atoms. The van der Waals surface area contributed by atoms with Crippen LogP contribution in [0, 0.1) is 0 Å². The lowest BCUT2D eigenvalue weighted by atomic mass is 10.1. The van der Waals surface area contributed by atoms with E-state index in [1.54, 1.807) is 10.7 Å². The van der Waals surface area contributed by atoms with Crippen molar-refractivity contribution in [2.24, 2.45) is 7.05 Å². The summed E-state index contributed by atoms with van der Waals surface area (Å²) in [4.78, 5) is 0. The first-order valence-corrected chi connectivity index (χ1v) is 6.26. The molecule has 86 valence electrons. The number of halogens is 2. The molecule has 0 amide bonds. The van der Waals surface area contributed by atoms with Gasteiger partial charge in [0.1, 0.15) is 11.9 Å². The van der Waals surface area contributed by atoms with Crippen LogP contribution >= 0.6 is 31.9 Å². The van der Waals surface area contributed by atoms with Crippen molar-refractivity contribution in [2.45, 2.75) is 12.5 Å². The van der Waals surface area contributed by atoms with Gasteiger partial charge in [-0.1, -0.05) is 0 Å². The lowest BCUT2D eigenvalue weighted by Crippen LogP contribution is -2.01. The maximum Gasteiger partial charge on any atom is 0.183 e. The molecule has 1 atom stereocenters. The number of aliphatic hydroxyl groups excluding tert-OH is 1. The molecule has 0 aliphatic carbocycles. The summed E-state index contributed by atoms with van der Waals surface area (Å²) in [5.74, 6) is 0.518.